The van der Waals surface area contributed by atoms with Crippen LogP contribution in [0.1, 0.15) is 56.9 Å². The van der Waals surface area contributed by atoms with Crippen LogP contribution in [0.25, 0.3) is 0 Å². The molecule has 0 unspecified atom stereocenters. The topological polar surface area (TPSA) is 89.4 Å². The van der Waals surface area contributed by atoms with Crippen LogP contribution in [0.4, 0.5) is 23.5 Å². The summed E-state index contributed by atoms with van der Waals surface area (Å²) in [6.45, 7) is 2.18. The third-order valence-corrected chi connectivity index (χ3v) is 7.66. The Labute approximate surface area is 210 Å². The van der Waals surface area contributed by atoms with E-state index in [4.69, 9.17) is 15.0 Å². The largest absolute Gasteiger partial charge is 0.508 e. The van der Waals surface area contributed by atoms with Crippen molar-refractivity contribution in [2.45, 2.75) is 67.9 Å². The van der Waals surface area contributed by atoms with Gasteiger partial charge in [-0.3, -0.25) is 0 Å². The summed E-state index contributed by atoms with van der Waals surface area (Å²) in [5, 5.41) is 17.0. The highest BCUT2D eigenvalue weighted by Crippen LogP contribution is 2.27. The summed E-state index contributed by atoms with van der Waals surface area (Å²) in [4.78, 5) is 18.9. The first-order chi connectivity index (χ1) is 16.0. The molecule has 2 heterocycles. The highest BCUT2D eigenvalue weighted by atomic mass is 127. The lowest BCUT2D eigenvalue weighted by molar-refractivity contribution is 0.252. The Morgan fingerprint density at radius 2 is 1.73 bits per heavy atom. The van der Waals surface area contributed by atoms with Crippen LogP contribution in [0.5, 0.6) is 5.75 Å². The predicted molar refractivity (Wildman–Crippen MR) is 143 cm³/mol. The Hall–Kier alpha value is -1.88. The van der Waals surface area contributed by atoms with Gasteiger partial charge in [-0.2, -0.15) is 15.0 Å². The van der Waals surface area contributed by atoms with Gasteiger partial charge in [0.25, 0.3) is 0 Å². The van der Waals surface area contributed by atoms with Crippen molar-refractivity contribution in [3.05, 3.63) is 23.8 Å². The second kappa shape index (κ2) is 11.5. The highest BCUT2D eigenvalue weighted by Gasteiger charge is 2.24. The summed E-state index contributed by atoms with van der Waals surface area (Å²) in [6, 6.07) is 6.34. The van der Waals surface area contributed by atoms with Gasteiger partial charge in [0.15, 0.2) is 0 Å². The fourth-order valence-electron chi connectivity index (χ4n) is 4.69. The van der Waals surface area contributed by atoms with Crippen LogP contribution < -0.4 is 15.5 Å². The van der Waals surface area contributed by atoms with Gasteiger partial charge in [-0.15, -0.1) is 0 Å². The number of benzene rings is 1. The van der Waals surface area contributed by atoms with E-state index in [-0.39, 0.29) is 0 Å². The molecule has 1 saturated heterocycles. The molecule has 33 heavy (non-hydrogen) atoms. The summed E-state index contributed by atoms with van der Waals surface area (Å²) in [5.41, 5.74) is 1.74. The van der Waals surface area contributed by atoms with Crippen molar-refractivity contribution in [2.75, 3.05) is 42.7 Å². The molecule has 2 aromatic rings. The normalized spacial score (nSPS) is 18.6. The van der Waals surface area contributed by atoms with Crippen molar-refractivity contribution in [2.24, 2.45) is 0 Å². The summed E-state index contributed by atoms with van der Waals surface area (Å²) >= 11 is 2.26. The van der Waals surface area contributed by atoms with Crippen molar-refractivity contribution in [1.29, 1.82) is 0 Å². The van der Waals surface area contributed by atoms with Crippen molar-refractivity contribution in [3.8, 4) is 5.75 Å². The average molecular weight is 566 g/mol. The number of likely N-dealkylation sites (tertiary alicyclic amines) is 1. The standard InChI is InChI=1S/C24H36IN7O/c1-31-13-11-20(12-14-31)32(2)24-29-22(26-18-7-5-3-4-6-8-18)28-23(30-24)27-19-9-10-21(33)17(15-19)16-25/h9-10,15,18,20,33H,3-8,11-14,16H2,1-2H3,(H2,26,27,28,29,30). The number of hydrogen-bond donors (Lipinski definition) is 3. The van der Waals surface area contributed by atoms with Gasteiger partial charge < -0.3 is 25.5 Å². The highest BCUT2D eigenvalue weighted by molar-refractivity contribution is 14.1. The molecule has 1 aliphatic carbocycles. The number of halogens is 1. The van der Waals surface area contributed by atoms with E-state index in [1.165, 1.54) is 25.7 Å². The molecule has 180 valence electrons. The lowest BCUT2D eigenvalue weighted by atomic mass is 10.0. The van der Waals surface area contributed by atoms with Crippen molar-refractivity contribution < 1.29 is 5.11 Å². The summed E-state index contributed by atoms with van der Waals surface area (Å²) < 4.78 is 0.731. The third kappa shape index (κ3) is 6.59. The number of hydrogen-bond acceptors (Lipinski definition) is 8. The SMILES string of the molecule is CN1CCC(N(C)c2nc(Nc3ccc(O)c(CI)c3)nc(NC3CCCCCC3)n2)CC1. The third-order valence-electron chi connectivity index (χ3n) is 6.84. The number of anilines is 4. The van der Waals surface area contributed by atoms with E-state index >= 15 is 0 Å². The average Bonchev–Trinajstić information content (AvgIpc) is 3.09. The lowest BCUT2D eigenvalue weighted by Gasteiger charge is -2.35. The molecule has 2 aliphatic rings. The molecule has 1 aromatic carbocycles. The number of rotatable bonds is 7. The molecule has 9 heteroatoms. The van der Waals surface area contributed by atoms with Gasteiger partial charge in [-0.05, 0) is 64.0 Å². The Bertz CT molecular complexity index is 912. The maximum atomic E-state index is 10.0. The second-order valence-electron chi connectivity index (χ2n) is 9.36. The van der Waals surface area contributed by atoms with Crippen LogP contribution in [0.15, 0.2) is 18.2 Å². The molecular weight excluding hydrogens is 529 g/mol. The second-order valence-corrected chi connectivity index (χ2v) is 10.1. The van der Waals surface area contributed by atoms with Gasteiger partial charge in [-0.25, -0.2) is 0 Å². The van der Waals surface area contributed by atoms with E-state index in [0.717, 1.165) is 54.5 Å². The Morgan fingerprint density at radius 3 is 2.42 bits per heavy atom. The van der Waals surface area contributed by atoms with E-state index in [9.17, 15) is 5.11 Å². The zero-order valence-electron chi connectivity index (χ0n) is 19.7. The zero-order valence-corrected chi connectivity index (χ0v) is 21.9. The maximum absolute atomic E-state index is 10.0. The molecule has 1 aromatic heterocycles. The van der Waals surface area contributed by atoms with Gasteiger partial charge >= 0.3 is 0 Å². The molecule has 1 saturated carbocycles. The summed E-state index contributed by atoms with van der Waals surface area (Å²) in [6.07, 6.45) is 9.65. The first-order valence-electron chi connectivity index (χ1n) is 12.1. The van der Waals surface area contributed by atoms with E-state index in [1.54, 1.807) is 6.07 Å². The Morgan fingerprint density at radius 1 is 1.03 bits per heavy atom. The monoisotopic (exact) mass is 565 g/mol. The minimum absolute atomic E-state index is 0.309. The van der Waals surface area contributed by atoms with Crippen molar-refractivity contribution >= 4 is 46.1 Å². The fourth-order valence-corrected chi connectivity index (χ4v) is 5.31. The molecule has 8 nitrogen and oxygen atoms in total. The van der Waals surface area contributed by atoms with Gasteiger partial charge in [0, 0.05) is 34.8 Å². The van der Waals surface area contributed by atoms with Crippen LogP contribution in [0, 0.1) is 0 Å². The molecule has 0 radical (unpaired) electrons. The maximum Gasteiger partial charge on any atom is 0.233 e. The van der Waals surface area contributed by atoms with Crippen LogP contribution in [-0.2, 0) is 4.43 Å². The minimum Gasteiger partial charge on any atom is -0.508 e. The summed E-state index contributed by atoms with van der Waals surface area (Å²) in [5.74, 6) is 2.18. The molecule has 4 rings (SSSR count). The Kier molecular flexibility index (Phi) is 8.45. The lowest BCUT2D eigenvalue weighted by Crippen LogP contribution is -2.42. The number of alkyl halides is 1. The van der Waals surface area contributed by atoms with Crippen molar-refractivity contribution in [1.82, 2.24) is 19.9 Å². The van der Waals surface area contributed by atoms with Gasteiger partial charge in [0.1, 0.15) is 5.75 Å². The molecule has 1 aliphatic heterocycles. The van der Waals surface area contributed by atoms with Gasteiger partial charge in [0.05, 0.1) is 0 Å². The molecule has 0 bridgehead atoms. The first kappa shape index (κ1) is 24.3. The van der Waals surface area contributed by atoms with Gasteiger partial charge in [0.2, 0.25) is 17.8 Å². The zero-order chi connectivity index (χ0) is 23.2. The number of aromatic nitrogens is 3. The van der Waals surface area contributed by atoms with Crippen LogP contribution in [-0.4, -0.2) is 64.2 Å². The first-order valence-corrected chi connectivity index (χ1v) is 13.6. The number of aromatic hydroxyl groups is 1. The number of piperidine rings is 1. The van der Waals surface area contributed by atoms with E-state index in [0.29, 0.717) is 35.7 Å². The van der Waals surface area contributed by atoms with E-state index < -0.39 is 0 Å². The van der Waals surface area contributed by atoms with Crippen LogP contribution in [0.2, 0.25) is 0 Å². The molecular formula is C24H36IN7O. The van der Waals surface area contributed by atoms with Crippen LogP contribution >= 0.6 is 22.6 Å². The number of phenols is 1. The summed E-state index contributed by atoms with van der Waals surface area (Å²) in [7, 11) is 4.27. The van der Waals surface area contributed by atoms with Gasteiger partial charge in [-0.1, -0.05) is 48.3 Å². The quantitative estimate of drug-likeness (QED) is 0.189. The van der Waals surface area contributed by atoms with Crippen molar-refractivity contribution in [3.63, 3.8) is 0 Å². The molecule has 3 N–H and O–H groups in total. The fraction of sp³-hybridized carbons (Fsp3) is 0.625. The van der Waals surface area contributed by atoms with Crippen LogP contribution in [0.3, 0.4) is 0 Å². The number of nitrogens with one attached hydrogen (secondary N) is 2. The number of nitrogens with zero attached hydrogens (tertiary/aromatic N) is 5. The predicted octanol–water partition coefficient (Wildman–Crippen LogP) is 4.92. The van der Waals surface area contributed by atoms with E-state index in [1.807, 2.05) is 12.1 Å². The molecule has 0 spiro atoms. The number of phenolic OH excluding ortho intramolecular Hbond substituents is 1. The molecule has 0 amide bonds. The molecule has 0 atom stereocenters. The molecule has 2 fully saturated rings. The Balaban J connectivity index is 1.59. The van der Waals surface area contributed by atoms with E-state index in [2.05, 4.69) is 57.1 Å². The smallest absolute Gasteiger partial charge is 0.233 e. The minimum atomic E-state index is 0.309.